The minimum Gasteiger partial charge on any atom is -0.450 e. The summed E-state index contributed by atoms with van der Waals surface area (Å²) in [6.07, 6.45) is 3.29. The Kier molecular flexibility index (Phi) is 24.6. The number of pyridine rings is 1. The lowest BCUT2D eigenvalue weighted by Crippen LogP contribution is -2.61. The van der Waals surface area contributed by atoms with Crippen molar-refractivity contribution in [3.8, 4) is 11.1 Å². The van der Waals surface area contributed by atoms with Crippen molar-refractivity contribution in [2.24, 2.45) is 41.4 Å². The summed E-state index contributed by atoms with van der Waals surface area (Å²) in [6.45, 7) is 21.1. The Bertz CT molecular complexity index is 3150. The number of amides is 6. The molecule has 0 bridgehead atoms. The van der Waals surface area contributed by atoms with Gasteiger partial charge >= 0.3 is 5.97 Å². The third-order valence-electron chi connectivity index (χ3n) is 18.5. The van der Waals surface area contributed by atoms with Crippen LogP contribution in [0.2, 0.25) is 0 Å². The molecule has 3 heterocycles. The van der Waals surface area contributed by atoms with Crippen LogP contribution in [0.3, 0.4) is 0 Å². The fraction of sp³-hybridized carbons (Fsp3) is 0.577. The Balaban J connectivity index is 1.53. The number of likely N-dealkylation sites (N-methyl/N-ethyl adjacent to an activating group) is 4. The molecule has 4 aromatic rings. The largest absolute Gasteiger partial charge is 0.450 e. The maximum atomic E-state index is 15.8. The number of hydrogen-bond acceptors (Lipinski definition) is 12. The molecule has 11 atom stereocenters. The number of nitrogens with one attached hydrogen (secondary N) is 1. The zero-order valence-electron chi connectivity index (χ0n) is 55.5. The monoisotopic (exact) mass is 1230 g/mol. The number of nitrogens with zero attached hydrogens (tertiary/aromatic N) is 6. The fourth-order valence-corrected chi connectivity index (χ4v) is 13.3. The molecule has 2 fully saturated rings. The van der Waals surface area contributed by atoms with Crippen LogP contribution in [0.5, 0.6) is 0 Å². The number of cyclic esters (lactones) is 1. The van der Waals surface area contributed by atoms with Gasteiger partial charge in [-0.1, -0.05) is 155 Å². The minimum atomic E-state index is -1.95. The molecule has 2 N–H and O–H groups in total. The number of rotatable bonds is 14. The van der Waals surface area contributed by atoms with E-state index in [1.54, 1.807) is 40.2 Å². The molecule has 3 aromatic carbocycles. The van der Waals surface area contributed by atoms with Crippen molar-refractivity contribution in [1.29, 1.82) is 0 Å². The Hall–Kier alpha value is -7.34. The van der Waals surface area contributed by atoms with Crippen LogP contribution in [0.4, 0.5) is 0 Å². The van der Waals surface area contributed by atoms with Gasteiger partial charge in [0.15, 0.2) is 23.7 Å². The second kappa shape index (κ2) is 30.9. The highest BCUT2D eigenvalue weighted by Gasteiger charge is 2.48. The van der Waals surface area contributed by atoms with Crippen molar-refractivity contribution in [2.45, 2.75) is 189 Å². The third kappa shape index (κ3) is 16.9. The lowest BCUT2D eigenvalue weighted by Gasteiger charge is -2.39. The van der Waals surface area contributed by atoms with Crippen LogP contribution in [-0.2, 0) is 60.7 Å². The van der Waals surface area contributed by atoms with E-state index < -0.39 is 125 Å². The molecule has 18 nitrogen and oxygen atoms in total. The SMILES string of the molecule is CCC(C)[C@@H]1CC(=O)C2CCCN2C(=O)C(Cc2cccc(-c3cncc4ccccc34)c2)N(C)C(=O)C(Cc2ccccc2)NC(=O)[C@H](C(C)C)N(C)C(=O)[C@@H](C(C)CC)OC(=O)[C@H](C(C)(C)O)N(C)C(=O)[C@H](CC(C)C)CC(=O)[C@H](C(C)C)N(C)C1=O. The van der Waals surface area contributed by atoms with E-state index in [4.69, 9.17) is 4.74 Å². The van der Waals surface area contributed by atoms with Gasteiger partial charge in [0.2, 0.25) is 29.5 Å². The number of benzene rings is 3. The van der Waals surface area contributed by atoms with E-state index in [1.807, 2.05) is 127 Å². The number of esters is 1. The summed E-state index contributed by atoms with van der Waals surface area (Å²) < 4.78 is 6.17. The van der Waals surface area contributed by atoms with E-state index >= 15 is 28.8 Å². The molecule has 484 valence electrons. The van der Waals surface area contributed by atoms with Gasteiger partial charge in [-0.2, -0.15) is 0 Å². The van der Waals surface area contributed by atoms with Crippen molar-refractivity contribution < 1.29 is 53.0 Å². The van der Waals surface area contributed by atoms with Gasteiger partial charge in [0.25, 0.3) is 5.91 Å². The van der Waals surface area contributed by atoms with Gasteiger partial charge in [-0.25, -0.2) is 4.79 Å². The predicted molar refractivity (Wildman–Crippen MR) is 344 cm³/mol. The van der Waals surface area contributed by atoms with Crippen molar-refractivity contribution >= 4 is 63.8 Å². The maximum absolute atomic E-state index is 15.8. The summed E-state index contributed by atoms with van der Waals surface area (Å²) in [6, 6.07) is 17.2. The summed E-state index contributed by atoms with van der Waals surface area (Å²) in [4.78, 5) is 148. The van der Waals surface area contributed by atoms with E-state index in [1.165, 1.54) is 54.6 Å². The van der Waals surface area contributed by atoms with Crippen LogP contribution in [-0.4, -0.2) is 170 Å². The fourth-order valence-electron chi connectivity index (χ4n) is 13.3. The quantitative estimate of drug-likeness (QED) is 0.113. The van der Waals surface area contributed by atoms with Crippen molar-refractivity contribution in [3.05, 3.63) is 102 Å². The van der Waals surface area contributed by atoms with E-state index in [0.29, 0.717) is 36.8 Å². The van der Waals surface area contributed by atoms with Crippen LogP contribution in [0.1, 0.15) is 139 Å². The second-order valence-electron chi connectivity index (χ2n) is 26.9. The highest BCUT2D eigenvalue weighted by atomic mass is 16.6. The van der Waals surface area contributed by atoms with Crippen LogP contribution >= 0.6 is 0 Å². The van der Waals surface area contributed by atoms with E-state index in [-0.39, 0.29) is 56.3 Å². The lowest BCUT2D eigenvalue weighted by atomic mass is 9.82. The standard InChI is InChI=1S/C71H99N7O11/c1-17-45(9)53-39-58(79)56-32-25-33-78(56)68(85)57(37-48-28-24-30-49(35-48)54-41-72-40-50-29-22-23-31-52(50)54)74(13)67(84)55(36-47-26-20-19-21-27-47)73-64(81)61(44(7)8)76(15)69(86)62(46(10)18-2)89-70(87)63(71(11,12)88)77(16)65(82)51(34-42(3)4)38-59(80)60(43(5)6)75(14)66(53)83/h19-24,26-31,35,40-46,51,53,55-57,60-63,88H,17-18,25,32-34,36-39H2,1-16H3,(H,73,81)/t45?,46?,51-,53+,55?,56?,57?,60+,61+,62-,63-/m1/s1. The summed E-state index contributed by atoms with van der Waals surface area (Å²) in [7, 11) is 5.85. The van der Waals surface area contributed by atoms with Crippen LogP contribution < -0.4 is 5.32 Å². The number of Topliss-reactive ketones (excluding diaryl/α,β-unsaturated/α-hetero) is 2. The zero-order chi connectivity index (χ0) is 65.9. The number of carbonyl (C=O) groups is 9. The highest BCUT2D eigenvalue weighted by molar-refractivity contribution is 6.00. The second-order valence-corrected chi connectivity index (χ2v) is 26.9. The maximum Gasteiger partial charge on any atom is 0.332 e. The Morgan fingerprint density at radius 2 is 1.26 bits per heavy atom. The normalized spacial score (nSPS) is 25.1. The molecule has 18 heteroatoms. The number of hydrogen-bond donors (Lipinski definition) is 2. The Morgan fingerprint density at radius 1 is 0.640 bits per heavy atom. The molecular formula is C71H99N7O11. The molecule has 0 radical (unpaired) electrons. The van der Waals surface area contributed by atoms with Gasteiger partial charge < -0.3 is 39.7 Å². The molecule has 6 rings (SSSR count). The van der Waals surface area contributed by atoms with Crippen LogP contribution in [0.15, 0.2) is 91.3 Å². The molecule has 5 unspecified atom stereocenters. The summed E-state index contributed by atoms with van der Waals surface area (Å²) >= 11 is 0. The van der Waals surface area contributed by atoms with Crippen molar-refractivity contribution in [3.63, 3.8) is 0 Å². The Labute approximate surface area is 527 Å². The van der Waals surface area contributed by atoms with E-state index in [2.05, 4.69) is 10.3 Å². The minimum absolute atomic E-state index is 0.00473. The van der Waals surface area contributed by atoms with Gasteiger partial charge in [-0.15, -0.1) is 0 Å². The zero-order valence-corrected chi connectivity index (χ0v) is 55.5. The number of ketones is 2. The average molecular weight is 1230 g/mol. The molecule has 6 amide bonds. The molecule has 2 saturated heterocycles. The van der Waals surface area contributed by atoms with E-state index in [0.717, 1.165) is 26.8 Å². The predicted octanol–water partition coefficient (Wildman–Crippen LogP) is 8.77. The van der Waals surface area contributed by atoms with Crippen LogP contribution in [0, 0.1) is 41.4 Å². The lowest BCUT2D eigenvalue weighted by molar-refractivity contribution is -0.178. The van der Waals surface area contributed by atoms with Gasteiger partial charge in [0.05, 0.1) is 17.7 Å². The summed E-state index contributed by atoms with van der Waals surface area (Å²) in [5.41, 5.74) is 1.12. The van der Waals surface area contributed by atoms with E-state index in [9.17, 15) is 19.5 Å². The first kappa shape index (κ1) is 70.7. The van der Waals surface area contributed by atoms with Gasteiger partial charge in [-0.05, 0) is 85.3 Å². The van der Waals surface area contributed by atoms with Crippen LogP contribution in [0.25, 0.3) is 21.9 Å². The molecular weight excluding hydrogens is 1130 g/mol. The average Bonchev–Trinajstić information content (AvgIpc) is 4.18. The molecule has 2 aliphatic rings. The number of fused-ring (bicyclic) bond motifs is 2. The topological polar surface area (TPSA) is 224 Å². The first-order chi connectivity index (χ1) is 41.9. The third-order valence-corrected chi connectivity index (χ3v) is 18.5. The number of aliphatic hydroxyl groups is 1. The number of aromatic nitrogens is 1. The van der Waals surface area contributed by atoms with Gasteiger partial charge in [-0.3, -0.25) is 43.3 Å². The molecule has 1 aromatic heterocycles. The molecule has 89 heavy (non-hydrogen) atoms. The highest BCUT2D eigenvalue weighted by Crippen LogP contribution is 2.34. The van der Waals surface area contributed by atoms with Gasteiger partial charge in [0.1, 0.15) is 18.1 Å². The molecule has 0 aliphatic carbocycles. The molecule has 2 aliphatic heterocycles. The number of carbonyl (C=O) groups excluding carboxylic acids is 9. The first-order valence-electron chi connectivity index (χ1n) is 32.0. The summed E-state index contributed by atoms with van der Waals surface area (Å²) in [5, 5.41) is 16.7. The molecule has 0 spiro atoms. The first-order valence-corrected chi connectivity index (χ1v) is 32.0. The van der Waals surface area contributed by atoms with Crippen molar-refractivity contribution in [2.75, 3.05) is 34.7 Å². The number of ether oxygens (including phenoxy) is 1. The smallest absolute Gasteiger partial charge is 0.332 e. The molecule has 0 saturated carbocycles. The van der Waals surface area contributed by atoms with Gasteiger partial charge in [0, 0.05) is 102 Å². The van der Waals surface area contributed by atoms with Crippen molar-refractivity contribution in [1.82, 2.24) is 34.8 Å². The Morgan fingerprint density at radius 3 is 1.88 bits per heavy atom. The summed E-state index contributed by atoms with van der Waals surface area (Å²) in [5.74, 6) is -9.53.